The van der Waals surface area contributed by atoms with Crippen molar-refractivity contribution in [1.82, 2.24) is 5.32 Å². The minimum Gasteiger partial charge on any atom is -0.464 e. The van der Waals surface area contributed by atoms with Crippen molar-refractivity contribution < 1.29 is 9.53 Å². The summed E-state index contributed by atoms with van der Waals surface area (Å²) in [4.78, 5) is 12.2. The van der Waals surface area contributed by atoms with E-state index in [4.69, 9.17) is 4.74 Å². The Morgan fingerprint density at radius 1 is 1.33 bits per heavy atom. The molecule has 0 amide bonds. The van der Waals surface area contributed by atoms with Crippen LogP contribution in [0.2, 0.25) is 0 Å². The lowest BCUT2D eigenvalue weighted by Gasteiger charge is -2.25. The second kappa shape index (κ2) is 8.18. The molecule has 0 aromatic heterocycles. The average Bonchev–Trinajstić information content (AvgIpc) is 2.54. The number of hydrogen-bond acceptors (Lipinski definition) is 3. The lowest BCUT2D eigenvalue weighted by Crippen LogP contribution is -2.43. The van der Waals surface area contributed by atoms with Crippen LogP contribution < -0.4 is 5.32 Å². The Kier molecular flexibility index (Phi) is 6.24. The van der Waals surface area contributed by atoms with Gasteiger partial charge in [-0.2, -0.15) is 0 Å². The first-order valence-electron chi connectivity index (χ1n) is 8.21. The van der Waals surface area contributed by atoms with E-state index in [0.717, 1.165) is 25.8 Å². The van der Waals surface area contributed by atoms with Crippen molar-refractivity contribution in [3.8, 4) is 0 Å². The molecule has 1 aliphatic heterocycles. The third kappa shape index (κ3) is 4.57. The lowest BCUT2D eigenvalue weighted by atomic mass is 9.96. The van der Waals surface area contributed by atoms with Gasteiger partial charge in [-0.15, -0.1) is 0 Å². The van der Waals surface area contributed by atoms with Gasteiger partial charge in [0, 0.05) is 6.54 Å². The summed E-state index contributed by atoms with van der Waals surface area (Å²) in [6.07, 6.45) is 5.38. The van der Waals surface area contributed by atoms with Crippen molar-refractivity contribution >= 4 is 5.97 Å². The molecule has 2 unspecified atom stereocenters. The van der Waals surface area contributed by atoms with Crippen LogP contribution in [0.25, 0.3) is 0 Å². The van der Waals surface area contributed by atoms with Crippen LogP contribution in [0.5, 0.6) is 0 Å². The third-order valence-corrected chi connectivity index (χ3v) is 4.37. The Hall–Kier alpha value is -1.35. The van der Waals surface area contributed by atoms with Crippen molar-refractivity contribution in [2.24, 2.45) is 5.92 Å². The van der Waals surface area contributed by atoms with Gasteiger partial charge >= 0.3 is 5.97 Å². The Balaban J connectivity index is 1.82. The Morgan fingerprint density at radius 2 is 2.10 bits per heavy atom. The van der Waals surface area contributed by atoms with Crippen molar-refractivity contribution in [2.45, 2.75) is 58.5 Å². The first-order valence-corrected chi connectivity index (χ1v) is 8.21. The van der Waals surface area contributed by atoms with Gasteiger partial charge in [0.15, 0.2) is 0 Å². The van der Waals surface area contributed by atoms with Gasteiger partial charge in [0.2, 0.25) is 0 Å². The zero-order valence-electron chi connectivity index (χ0n) is 13.2. The third-order valence-electron chi connectivity index (χ3n) is 4.37. The molecule has 0 bridgehead atoms. The van der Waals surface area contributed by atoms with E-state index < -0.39 is 0 Å². The molecule has 2 rings (SSSR count). The van der Waals surface area contributed by atoms with Crippen LogP contribution in [0.1, 0.15) is 50.7 Å². The van der Waals surface area contributed by atoms with Gasteiger partial charge in [0.25, 0.3) is 0 Å². The van der Waals surface area contributed by atoms with Gasteiger partial charge in [0.1, 0.15) is 6.04 Å². The molecular weight excluding hydrogens is 262 g/mol. The molecule has 0 saturated heterocycles. The number of esters is 1. The first kappa shape index (κ1) is 16.0. The first-order chi connectivity index (χ1) is 10.2. The molecule has 0 saturated carbocycles. The van der Waals surface area contributed by atoms with E-state index in [9.17, 15) is 4.79 Å². The van der Waals surface area contributed by atoms with Crippen molar-refractivity contribution in [2.75, 3.05) is 6.61 Å². The maximum Gasteiger partial charge on any atom is 0.323 e. The molecule has 1 N–H and O–H groups in total. The summed E-state index contributed by atoms with van der Waals surface area (Å²) in [5.74, 6) is 0.407. The largest absolute Gasteiger partial charge is 0.464 e. The fourth-order valence-electron chi connectivity index (χ4n) is 2.82. The zero-order valence-corrected chi connectivity index (χ0v) is 13.2. The van der Waals surface area contributed by atoms with Gasteiger partial charge in [-0.1, -0.05) is 57.4 Å². The molecule has 0 radical (unpaired) electrons. The van der Waals surface area contributed by atoms with Crippen LogP contribution in [-0.4, -0.2) is 18.6 Å². The molecule has 3 heteroatoms. The van der Waals surface area contributed by atoms with Crippen molar-refractivity contribution in [3.05, 3.63) is 35.4 Å². The lowest BCUT2D eigenvalue weighted by molar-refractivity contribution is -0.147. The average molecular weight is 289 g/mol. The van der Waals surface area contributed by atoms with Gasteiger partial charge in [-0.3, -0.25) is 4.79 Å². The molecule has 0 spiro atoms. The monoisotopic (exact) mass is 289 g/mol. The molecule has 2 atom stereocenters. The highest BCUT2D eigenvalue weighted by molar-refractivity contribution is 5.76. The molecular formula is C18H27NO2. The number of nitrogens with one attached hydrogen (secondary N) is 1. The molecule has 0 fully saturated rings. The number of ether oxygens (including phenoxy) is 1. The molecule has 116 valence electrons. The summed E-state index contributed by atoms with van der Waals surface area (Å²) in [7, 11) is 0. The summed E-state index contributed by atoms with van der Waals surface area (Å²) in [6, 6.07) is 8.10. The van der Waals surface area contributed by atoms with Gasteiger partial charge in [0.05, 0.1) is 6.61 Å². The highest BCUT2D eigenvalue weighted by Crippen LogP contribution is 2.18. The minimum atomic E-state index is -0.191. The van der Waals surface area contributed by atoms with Crippen LogP contribution >= 0.6 is 0 Å². The molecule has 0 aliphatic carbocycles. The molecule has 1 aromatic carbocycles. The summed E-state index contributed by atoms with van der Waals surface area (Å²) >= 11 is 0. The SMILES string of the molecule is CCCCC(CC)COC(=O)C1Cc2ccccc2CN1. The second-order valence-corrected chi connectivity index (χ2v) is 5.95. The van der Waals surface area contributed by atoms with Gasteiger partial charge < -0.3 is 10.1 Å². The number of unbranched alkanes of at least 4 members (excludes halogenated alkanes) is 1. The molecule has 21 heavy (non-hydrogen) atoms. The number of hydrogen-bond donors (Lipinski definition) is 1. The summed E-state index contributed by atoms with van der Waals surface area (Å²) < 4.78 is 5.55. The summed E-state index contributed by atoms with van der Waals surface area (Å²) in [5.41, 5.74) is 2.55. The number of fused-ring (bicyclic) bond motifs is 1. The van der Waals surface area contributed by atoms with E-state index in [2.05, 4.69) is 31.3 Å². The van der Waals surface area contributed by atoms with E-state index in [1.165, 1.54) is 24.0 Å². The fraction of sp³-hybridized carbons (Fsp3) is 0.611. The summed E-state index contributed by atoms with van der Waals surface area (Å²) in [5, 5.41) is 3.29. The van der Waals surface area contributed by atoms with E-state index in [0.29, 0.717) is 12.5 Å². The number of carbonyl (C=O) groups excluding carboxylic acids is 1. The molecule has 1 aromatic rings. The highest BCUT2D eigenvalue weighted by atomic mass is 16.5. The zero-order chi connectivity index (χ0) is 15.1. The smallest absolute Gasteiger partial charge is 0.323 e. The van der Waals surface area contributed by atoms with Crippen molar-refractivity contribution in [1.29, 1.82) is 0 Å². The van der Waals surface area contributed by atoms with Crippen LogP contribution in [0.4, 0.5) is 0 Å². The van der Waals surface area contributed by atoms with Gasteiger partial charge in [-0.05, 0) is 29.9 Å². The normalized spacial score (nSPS) is 18.9. The van der Waals surface area contributed by atoms with Crippen molar-refractivity contribution in [3.63, 3.8) is 0 Å². The maximum atomic E-state index is 12.2. The van der Waals surface area contributed by atoms with Gasteiger partial charge in [-0.25, -0.2) is 0 Å². The Bertz CT molecular complexity index is 458. The van der Waals surface area contributed by atoms with E-state index >= 15 is 0 Å². The van der Waals surface area contributed by atoms with E-state index in [1.807, 2.05) is 12.1 Å². The van der Waals surface area contributed by atoms with Crippen LogP contribution in [-0.2, 0) is 22.5 Å². The topological polar surface area (TPSA) is 38.3 Å². The number of carbonyl (C=O) groups is 1. The van der Waals surface area contributed by atoms with Crippen LogP contribution in [0, 0.1) is 5.92 Å². The predicted octanol–water partition coefficient (Wildman–Crippen LogP) is 3.46. The highest BCUT2D eigenvalue weighted by Gasteiger charge is 2.25. The number of benzene rings is 1. The van der Waals surface area contributed by atoms with Crippen LogP contribution in [0.15, 0.2) is 24.3 Å². The molecule has 1 heterocycles. The Morgan fingerprint density at radius 3 is 2.81 bits per heavy atom. The maximum absolute atomic E-state index is 12.2. The quantitative estimate of drug-likeness (QED) is 0.781. The summed E-state index contributed by atoms with van der Waals surface area (Å²) in [6.45, 7) is 5.68. The van der Waals surface area contributed by atoms with E-state index in [-0.39, 0.29) is 12.0 Å². The Labute approximate surface area is 128 Å². The standard InChI is InChI=1S/C18H27NO2/c1-3-5-8-14(4-2)13-21-18(20)17-11-15-9-6-7-10-16(15)12-19-17/h6-7,9-10,14,17,19H,3-5,8,11-13H2,1-2H3. The second-order valence-electron chi connectivity index (χ2n) is 5.95. The number of rotatable bonds is 7. The minimum absolute atomic E-state index is 0.0977. The van der Waals surface area contributed by atoms with Crippen LogP contribution in [0.3, 0.4) is 0 Å². The predicted molar refractivity (Wildman–Crippen MR) is 85.0 cm³/mol. The molecule has 1 aliphatic rings. The molecule has 3 nitrogen and oxygen atoms in total. The van der Waals surface area contributed by atoms with E-state index in [1.54, 1.807) is 0 Å². The fourth-order valence-corrected chi connectivity index (χ4v) is 2.82.